The van der Waals surface area contributed by atoms with Crippen LogP contribution in [0.3, 0.4) is 0 Å². The number of carbonyl (C=O) groups excluding carboxylic acids is 1. The maximum atomic E-state index is 13.5. The first-order valence-corrected chi connectivity index (χ1v) is 13.8. The van der Waals surface area contributed by atoms with Crippen molar-refractivity contribution in [1.82, 2.24) is 9.80 Å². The molecule has 2 saturated heterocycles. The van der Waals surface area contributed by atoms with Gasteiger partial charge in [0.2, 0.25) is 0 Å². The number of nitrogens with zero attached hydrogens (tertiary/aromatic N) is 3. The van der Waals surface area contributed by atoms with Crippen LogP contribution >= 0.6 is 0 Å². The number of benzene rings is 2. The highest BCUT2D eigenvalue weighted by Crippen LogP contribution is 2.42. The van der Waals surface area contributed by atoms with Crippen molar-refractivity contribution in [3.8, 4) is 22.6 Å². The zero-order valence-electron chi connectivity index (χ0n) is 23.3. The molecule has 0 bridgehead atoms. The van der Waals surface area contributed by atoms with Crippen molar-refractivity contribution in [3.63, 3.8) is 0 Å². The third kappa shape index (κ3) is 5.55. The van der Waals surface area contributed by atoms with Gasteiger partial charge in [-0.3, -0.25) is 9.69 Å². The fourth-order valence-electron chi connectivity index (χ4n) is 5.81. The summed E-state index contributed by atoms with van der Waals surface area (Å²) in [4.78, 5) is 22.9. The smallest absolute Gasteiger partial charge is 0.311 e. The molecule has 8 nitrogen and oxygen atoms in total. The lowest BCUT2D eigenvalue weighted by Gasteiger charge is -2.45. The molecule has 2 fully saturated rings. The number of likely N-dealkylation sites (tertiary alicyclic amines) is 2. The number of piperidine rings is 1. The molecule has 3 aliphatic rings. The number of ether oxygens (including phenoxy) is 3. The van der Waals surface area contributed by atoms with Gasteiger partial charge >= 0.3 is 5.97 Å². The Balaban J connectivity index is 1.20. The summed E-state index contributed by atoms with van der Waals surface area (Å²) in [6, 6.07) is 10.4. The normalized spacial score (nSPS) is 19.7. The molecule has 2 aromatic rings. The number of hydrogen-bond donors (Lipinski definition) is 0. The largest absolute Gasteiger partial charge is 0.496 e. The molecule has 5 rings (SSSR count). The Morgan fingerprint density at radius 1 is 1.08 bits per heavy atom. The lowest BCUT2D eigenvalue weighted by molar-refractivity contribution is -0.156. The van der Waals surface area contributed by atoms with Crippen LogP contribution in [0.2, 0.25) is 0 Å². The highest BCUT2D eigenvalue weighted by atomic mass is 19.1. The van der Waals surface area contributed by atoms with Gasteiger partial charge in [0.25, 0.3) is 0 Å². The van der Waals surface area contributed by atoms with E-state index in [9.17, 15) is 9.18 Å². The molecular formula is C30H38FN3O5. The number of halogens is 1. The summed E-state index contributed by atoms with van der Waals surface area (Å²) in [5, 5.41) is 4.46. The monoisotopic (exact) mass is 539 g/mol. The Morgan fingerprint density at radius 2 is 1.77 bits per heavy atom. The predicted octanol–water partition coefficient (Wildman–Crippen LogP) is 4.85. The van der Waals surface area contributed by atoms with Crippen LogP contribution in [0.15, 0.2) is 41.6 Å². The van der Waals surface area contributed by atoms with Gasteiger partial charge in [-0.1, -0.05) is 17.3 Å². The summed E-state index contributed by atoms with van der Waals surface area (Å²) in [6.07, 6.45) is 2.28. The topological polar surface area (TPSA) is 72.8 Å². The first-order chi connectivity index (χ1) is 18.8. The molecule has 0 N–H and O–H groups in total. The van der Waals surface area contributed by atoms with E-state index in [4.69, 9.17) is 19.0 Å². The van der Waals surface area contributed by atoms with Crippen LogP contribution in [0.1, 0.15) is 45.6 Å². The molecule has 1 spiro atoms. The molecule has 0 aromatic heterocycles. The van der Waals surface area contributed by atoms with Gasteiger partial charge in [-0.15, -0.1) is 0 Å². The Kier molecular flexibility index (Phi) is 7.71. The van der Waals surface area contributed by atoms with Crippen LogP contribution in [0, 0.1) is 11.2 Å². The van der Waals surface area contributed by atoms with E-state index in [-0.39, 0.29) is 17.4 Å². The van der Waals surface area contributed by atoms with Crippen LogP contribution in [-0.2, 0) is 20.9 Å². The van der Waals surface area contributed by atoms with Crippen LogP contribution in [0.5, 0.6) is 11.5 Å². The molecule has 9 heteroatoms. The fraction of sp³-hybridized carbons (Fsp3) is 0.533. The van der Waals surface area contributed by atoms with Crippen molar-refractivity contribution in [2.75, 3.05) is 46.5 Å². The SMILES string of the molecule is CCOC(=O)C1(C)CCN(C2=NOC3(C2)CN(Cc2cc(OC)c(-c4ccc(F)cc4)c(OCC)c2)C3)CC1. The second-order valence-electron chi connectivity index (χ2n) is 11.0. The summed E-state index contributed by atoms with van der Waals surface area (Å²) < 4.78 is 30.5. The molecule has 210 valence electrons. The Bertz CT molecular complexity index is 1220. The average molecular weight is 540 g/mol. The van der Waals surface area contributed by atoms with Crippen molar-refractivity contribution >= 4 is 11.8 Å². The van der Waals surface area contributed by atoms with Crippen molar-refractivity contribution in [3.05, 3.63) is 47.8 Å². The van der Waals surface area contributed by atoms with Crippen molar-refractivity contribution in [1.29, 1.82) is 0 Å². The quantitative estimate of drug-likeness (QED) is 0.444. The predicted molar refractivity (Wildman–Crippen MR) is 146 cm³/mol. The Labute approximate surface area is 229 Å². The molecular weight excluding hydrogens is 501 g/mol. The number of esters is 1. The van der Waals surface area contributed by atoms with Crippen LogP contribution < -0.4 is 9.47 Å². The van der Waals surface area contributed by atoms with E-state index in [1.54, 1.807) is 19.2 Å². The fourth-order valence-corrected chi connectivity index (χ4v) is 5.81. The third-order valence-corrected chi connectivity index (χ3v) is 8.03. The molecule has 0 saturated carbocycles. The van der Waals surface area contributed by atoms with Crippen LogP contribution in [0.25, 0.3) is 11.1 Å². The molecule has 39 heavy (non-hydrogen) atoms. The van der Waals surface area contributed by atoms with Gasteiger partial charge in [0.15, 0.2) is 5.60 Å². The maximum Gasteiger partial charge on any atom is 0.311 e. The van der Waals surface area contributed by atoms with E-state index >= 15 is 0 Å². The lowest BCUT2D eigenvalue weighted by atomic mass is 9.80. The number of rotatable bonds is 8. The number of methoxy groups -OCH3 is 1. The van der Waals surface area contributed by atoms with Crippen molar-refractivity contribution in [2.24, 2.45) is 10.6 Å². The van der Waals surface area contributed by atoms with E-state index in [0.717, 1.165) is 80.3 Å². The van der Waals surface area contributed by atoms with Gasteiger partial charge in [0.1, 0.15) is 23.2 Å². The molecule has 2 aromatic carbocycles. The summed E-state index contributed by atoms with van der Waals surface area (Å²) in [5.41, 5.74) is 2.02. The van der Waals surface area contributed by atoms with Gasteiger partial charge in [-0.05, 0) is 69.0 Å². The maximum absolute atomic E-state index is 13.5. The third-order valence-electron chi connectivity index (χ3n) is 8.03. The van der Waals surface area contributed by atoms with E-state index < -0.39 is 5.41 Å². The van der Waals surface area contributed by atoms with Crippen LogP contribution in [0.4, 0.5) is 4.39 Å². The minimum absolute atomic E-state index is 0.102. The second-order valence-corrected chi connectivity index (χ2v) is 11.0. The van der Waals surface area contributed by atoms with Crippen molar-refractivity contribution in [2.45, 2.75) is 52.2 Å². The van der Waals surface area contributed by atoms with Gasteiger partial charge in [-0.2, -0.15) is 0 Å². The molecule has 3 aliphatic heterocycles. The van der Waals surface area contributed by atoms with Crippen LogP contribution in [-0.4, -0.2) is 73.7 Å². The molecule has 3 heterocycles. The van der Waals surface area contributed by atoms with Gasteiger partial charge in [0, 0.05) is 32.7 Å². The Hall–Kier alpha value is -3.33. The highest BCUT2D eigenvalue weighted by Gasteiger charge is 2.51. The standard InChI is InChI=1S/C30H38FN3O5/c1-5-37-25-16-21(15-24(36-4)27(25)22-7-9-23(31)10-8-22)18-33-19-30(20-33)17-26(32-39-30)34-13-11-29(3,12-14-34)28(35)38-6-2/h7-10,15-16H,5-6,11-14,17-20H2,1-4H3. The summed E-state index contributed by atoms with van der Waals surface area (Å²) in [6.45, 7) is 10.5. The van der Waals surface area contributed by atoms with Gasteiger partial charge in [0.05, 0.1) is 37.7 Å². The van der Waals surface area contributed by atoms with E-state index in [1.807, 2.05) is 32.9 Å². The molecule has 0 radical (unpaired) electrons. The zero-order valence-corrected chi connectivity index (χ0v) is 23.3. The first-order valence-electron chi connectivity index (χ1n) is 13.8. The van der Waals surface area contributed by atoms with Gasteiger partial charge in [-0.25, -0.2) is 4.39 Å². The van der Waals surface area contributed by atoms with E-state index in [2.05, 4.69) is 15.0 Å². The van der Waals surface area contributed by atoms with E-state index in [1.165, 1.54) is 12.1 Å². The molecule has 0 atom stereocenters. The molecule has 0 unspecified atom stereocenters. The highest BCUT2D eigenvalue weighted by molar-refractivity contribution is 5.85. The number of amidine groups is 1. The summed E-state index contributed by atoms with van der Waals surface area (Å²) >= 11 is 0. The van der Waals surface area contributed by atoms with Crippen molar-refractivity contribution < 1.29 is 28.2 Å². The Morgan fingerprint density at radius 3 is 2.41 bits per heavy atom. The first kappa shape index (κ1) is 27.2. The summed E-state index contributed by atoms with van der Waals surface area (Å²) in [7, 11) is 1.64. The minimum atomic E-state index is -0.425. The molecule has 0 aliphatic carbocycles. The number of oxime groups is 1. The number of carbonyl (C=O) groups is 1. The number of hydrogen-bond acceptors (Lipinski definition) is 8. The molecule has 0 amide bonds. The minimum Gasteiger partial charge on any atom is -0.496 e. The van der Waals surface area contributed by atoms with Gasteiger partial charge < -0.3 is 23.9 Å². The zero-order chi connectivity index (χ0) is 27.6. The van der Waals surface area contributed by atoms with E-state index in [0.29, 0.717) is 19.0 Å². The lowest BCUT2D eigenvalue weighted by Crippen LogP contribution is -2.61. The second kappa shape index (κ2) is 11.0. The summed E-state index contributed by atoms with van der Waals surface area (Å²) in [5.74, 6) is 2.01. The average Bonchev–Trinajstić information content (AvgIpc) is 3.35.